The average molecular weight is 374 g/mol. The summed E-state index contributed by atoms with van der Waals surface area (Å²) in [7, 11) is 0. The van der Waals surface area contributed by atoms with Crippen LogP contribution in [0.4, 0.5) is 4.79 Å². The fraction of sp³-hybridized carbons (Fsp3) is 0.294. The maximum absolute atomic E-state index is 11.9. The van der Waals surface area contributed by atoms with Crippen LogP contribution in [0, 0.1) is 25.2 Å². The number of thioether (sulfide) groups is 1. The number of nitrogens with zero attached hydrogens (tertiary/aromatic N) is 2. The monoisotopic (exact) mass is 374 g/mol. The Morgan fingerprint density at radius 3 is 2.88 bits per heavy atom. The molecule has 0 bridgehead atoms. The first kappa shape index (κ1) is 19.0. The molecule has 2 heterocycles. The Labute approximate surface area is 154 Å². The zero-order valence-corrected chi connectivity index (χ0v) is 15.6. The van der Waals surface area contributed by atoms with Gasteiger partial charge in [-0.25, -0.2) is 9.78 Å². The van der Waals surface area contributed by atoms with E-state index >= 15 is 0 Å². The van der Waals surface area contributed by atoms with Crippen LogP contribution in [0.25, 0.3) is 0 Å². The van der Waals surface area contributed by atoms with E-state index in [0.717, 1.165) is 29.4 Å². The molecule has 0 saturated heterocycles. The Hall–Kier alpha value is -2.37. The molecular formula is C17H18N4O2S2. The minimum absolute atomic E-state index is 0.0168. The summed E-state index contributed by atoms with van der Waals surface area (Å²) < 4.78 is 0. The summed E-state index contributed by atoms with van der Waals surface area (Å²) in [6.07, 6.45) is 0.728. The lowest BCUT2D eigenvalue weighted by atomic mass is 10.1. The molecule has 0 aliphatic heterocycles. The molecule has 2 aromatic heterocycles. The van der Waals surface area contributed by atoms with Gasteiger partial charge in [0.05, 0.1) is 11.3 Å². The third-order valence-corrected chi connectivity index (χ3v) is 5.16. The van der Waals surface area contributed by atoms with Gasteiger partial charge in [-0.3, -0.25) is 10.1 Å². The molecule has 0 aliphatic carbocycles. The third kappa shape index (κ3) is 5.89. The first-order chi connectivity index (χ1) is 12.0. The van der Waals surface area contributed by atoms with Crippen molar-refractivity contribution in [2.24, 2.45) is 0 Å². The number of carbonyl (C=O) groups excluding carboxylic acids is 2. The predicted octanol–water partition coefficient (Wildman–Crippen LogP) is 2.79. The molecule has 0 unspecified atom stereocenters. The van der Waals surface area contributed by atoms with Crippen molar-refractivity contribution in [3.63, 3.8) is 0 Å². The minimum atomic E-state index is -0.518. The highest BCUT2D eigenvalue weighted by Crippen LogP contribution is 2.23. The first-order valence-electron chi connectivity index (χ1n) is 7.61. The van der Waals surface area contributed by atoms with Crippen LogP contribution in [-0.4, -0.2) is 29.2 Å². The van der Waals surface area contributed by atoms with Gasteiger partial charge in [0.15, 0.2) is 0 Å². The highest BCUT2D eigenvalue weighted by Gasteiger charge is 2.13. The number of hydrogen-bond acceptors (Lipinski definition) is 6. The lowest BCUT2D eigenvalue weighted by molar-refractivity contribution is -0.117. The zero-order chi connectivity index (χ0) is 18.2. The molecule has 2 aromatic rings. The van der Waals surface area contributed by atoms with Gasteiger partial charge in [0.25, 0.3) is 0 Å². The van der Waals surface area contributed by atoms with Crippen molar-refractivity contribution in [3.05, 3.63) is 45.3 Å². The summed E-state index contributed by atoms with van der Waals surface area (Å²) in [6.45, 7) is 4.13. The van der Waals surface area contributed by atoms with Gasteiger partial charge in [0, 0.05) is 17.1 Å². The SMILES string of the molecule is Cc1cc(C)c(C#N)c(SCC(=O)NC(=O)NCCc2cccs2)n1. The van der Waals surface area contributed by atoms with E-state index in [1.54, 1.807) is 11.3 Å². The highest BCUT2D eigenvalue weighted by molar-refractivity contribution is 8.00. The van der Waals surface area contributed by atoms with E-state index in [1.165, 1.54) is 4.88 Å². The second-order valence-corrected chi connectivity index (χ2v) is 7.29. The first-order valence-corrected chi connectivity index (χ1v) is 9.47. The minimum Gasteiger partial charge on any atom is -0.337 e. The number of pyridine rings is 1. The Morgan fingerprint density at radius 1 is 1.40 bits per heavy atom. The smallest absolute Gasteiger partial charge is 0.321 e. The number of urea groups is 1. The summed E-state index contributed by atoms with van der Waals surface area (Å²) in [5, 5.41) is 16.6. The summed E-state index contributed by atoms with van der Waals surface area (Å²) in [6, 6.07) is 7.36. The lowest BCUT2D eigenvalue weighted by Gasteiger charge is -2.08. The van der Waals surface area contributed by atoms with E-state index in [9.17, 15) is 14.9 Å². The molecule has 6 nitrogen and oxygen atoms in total. The molecule has 130 valence electrons. The Balaban J connectivity index is 1.79. The van der Waals surface area contributed by atoms with Gasteiger partial charge in [0.1, 0.15) is 11.1 Å². The molecule has 0 saturated carbocycles. The van der Waals surface area contributed by atoms with Gasteiger partial charge in [-0.2, -0.15) is 5.26 Å². The number of aromatic nitrogens is 1. The second-order valence-electron chi connectivity index (χ2n) is 5.29. The summed E-state index contributed by atoms with van der Waals surface area (Å²) in [5.41, 5.74) is 2.07. The van der Waals surface area contributed by atoms with Crippen molar-refractivity contribution in [1.29, 1.82) is 5.26 Å². The molecule has 0 fully saturated rings. The number of amides is 3. The number of nitrogens with one attached hydrogen (secondary N) is 2. The lowest BCUT2D eigenvalue weighted by Crippen LogP contribution is -2.41. The molecule has 3 amide bonds. The van der Waals surface area contributed by atoms with Crippen molar-refractivity contribution in [1.82, 2.24) is 15.6 Å². The number of nitriles is 1. The zero-order valence-electron chi connectivity index (χ0n) is 14.0. The standard InChI is InChI=1S/C17H18N4O2S2/c1-11-8-12(2)20-16(14(11)9-18)25-10-15(22)21-17(23)19-6-5-13-4-3-7-24-13/h3-4,7-8H,5-6,10H2,1-2H3,(H2,19,21,22,23). The van der Waals surface area contributed by atoms with Crippen LogP contribution >= 0.6 is 23.1 Å². The van der Waals surface area contributed by atoms with Crippen LogP contribution in [0.5, 0.6) is 0 Å². The van der Waals surface area contributed by atoms with E-state index in [4.69, 9.17) is 0 Å². The largest absolute Gasteiger partial charge is 0.337 e. The maximum Gasteiger partial charge on any atom is 0.321 e. The molecule has 2 rings (SSSR count). The van der Waals surface area contributed by atoms with Crippen LogP contribution in [0.3, 0.4) is 0 Å². The summed E-state index contributed by atoms with van der Waals surface area (Å²) in [4.78, 5) is 29.1. The molecule has 0 aromatic carbocycles. The van der Waals surface area contributed by atoms with Crippen molar-refractivity contribution in [2.45, 2.75) is 25.3 Å². The number of imide groups is 1. The number of rotatable bonds is 6. The van der Waals surface area contributed by atoms with Gasteiger partial charge in [-0.1, -0.05) is 17.8 Å². The Morgan fingerprint density at radius 2 is 2.20 bits per heavy atom. The van der Waals surface area contributed by atoms with E-state index in [1.807, 2.05) is 37.4 Å². The number of carbonyl (C=O) groups is 2. The van der Waals surface area contributed by atoms with E-state index in [2.05, 4.69) is 21.7 Å². The van der Waals surface area contributed by atoms with Crippen LogP contribution in [0.15, 0.2) is 28.6 Å². The number of thiophene rings is 1. The average Bonchev–Trinajstić information content (AvgIpc) is 3.05. The topological polar surface area (TPSA) is 94.9 Å². The molecule has 0 spiro atoms. The van der Waals surface area contributed by atoms with Crippen molar-refractivity contribution in [3.8, 4) is 6.07 Å². The van der Waals surface area contributed by atoms with Crippen LogP contribution in [0.2, 0.25) is 0 Å². The molecule has 25 heavy (non-hydrogen) atoms. The fourth-order valence-corrected chi connectivity index (χ4v) is 3.75. The number of aryl methyl sites for hydroxylation is 2. The Bertz CT molecular complexity index is 798. The molecule has 0 radical (unpaired) electrons. The fourth-order valence-electron chi connectivity index (χ4n) is 2.14. The summed E-state index contributed by atoms with van der Waals surface area (Å²) >= 11 is 2.77. The maximum atomic E-state index is 11.9. The molecular weight excluding hydrogens is 356 g/mol. The Kier molecular flexibility index (Phi) is 6.98. The van der Waals surface area contributed by atoms with Crippen LogP contribution in [0.1, 0.15) is 21.7 Å². The second kappa shape index (κ2) is 9.20. The van der Waals surface area contributed by atoms with Gasteiger partial charge < -0.3 is 5.32 Å². The normalized spacial score (nSPS) is 10.1. The van der Waals surface area contributed by atoms with Crippen molar-refractivity contribution >= 4 is 35.0 Å². The van der Waals surface area contributed by atoms with Crippen molar-refractivity contribution in [2.75, 3.05) is 12.3 Å². The molecule has 0 atom stereocenters. The molecule has 8 heteroatoms. The summed E-state index contributed by atoms with van der Waals surface area (Å²) in [5.74, 6) is -0.411. The third-order valence-electron chi connectivity index (χ3n) is 3.25. The van der Waals surface area contributed by atoms with E-state index < -0.39 is 11.9 Å². The van der Waals surface area contributed by atoms with E-state index in [-0.39, 0.29) is 5.75 Å². The van der Waals surface area contributed by atoms with Gasteiger partial charge in [-0.15, -0.1) is 11.3 Å². The predicted molar refractivity (Wildman–Crippen MR) is 98.7 cm³/mol. The van der Waals surface area contributed by atoms with Crippen LogP contribution < -0.4 is 10.6 Å². The highest BCUT2D eigenvalue weighted by atomic mass is 32.2. The number of hydrogen-bond donors (Lipinski definition) is 2. The van der Waals surface area contributed by atoms with Gasteiger partial charge >= 0.3 is 6.03 Å². The molecule has 2 N–H and O–H groups in total. The van der Waals surface area contributed by atoms with Crippen LogP contribution in [-0.2, 0) is 11.2 Å². The van der Waals surface area contributed by atoms with Crippen molar-refractivity contribution < 1.29 is 9.59 Å². The van der Waals surface area contributed by atoms with Gasteiger partial charge in [0.2, 0.25) is 5.91 Å². The molecule has 0 aliphatic rings. The van der Waals surface area contributed by atoms with E-state index in [0.29, 0.717) is 17.1 Å². The van der Waals surface area contributed by atoms with Gasteiger partial charge in [-0.05, 0) is 43.3 Å². The quantitative estimate of drug-likeness (QED) is 0.758.